The van der Waals surface area contributed by atoms with E-state index in [1.165, 1.54) is 24.3 Å². The number of aliphatic imine (C=N–C) groups is 1. The lowest BCUT2D eigenvalue weighted by Crippen LogP contribution is -2.29. The van der Waals surface area contributed by atoms with Gasteiger partial charge < -0.3 is 0 Å². The quantitative estimate of drug-likeness (QED) is 0.555. The second-order valence-corrected chi connectivity index (χ2v) is 11.0. The number of hydrogen-bond donors (Lipinski definition) is 3. The highest BCUT2D eigenvalue weighted by atomic mass is 32.3. The molecule has 11 heteroatoms. The predicted octanol–water partition coefficient (Wildman–Crippen LogP) is 3.63. The van der Waals surface area contributed by atoms with Gasteiger partial charge in [-0.2, -0.15) is 0 Å². The van der Waals surface area contributed by atoms with Crippen LogP contribution in [0.4, 0.5) is 5.69 Å². The molecule has 1 saturated heterocycles. The summed E-state index contributed by atoms with van der Waals surface area (Å²) >= 11 is 0. The summed E-state index contributed by atoms with van der Waals surface area (Å²) < 4.78 is 49.2. The Bertz CT molecular complexity index is 1130. The zero-order valence-corrected chi connectivity index (χ0v) is 19.3. The summed E-state index contributed by atoms with van der Waals surface area (Å²) in [5.41, 5.74) is 0.789. The van der Waals surface area contributed by atoms with Crippen molar-refractivity contribution in [1.29, 1.82) is 0 Å². The van der Waals surface area contributed by atoms with E-state index in [9.17, 15) is 27.1 Å². The fraction of sp³-hybridized carbons (Fsp3) is 0.286. The molecule has 0 saturated carbocycles. The van der Waals surface area contributed by atoms with E-state index in [1.807, 2.05) is 11.6 Å². The van der Waals surface area contributed by atoms with Crippen LogP contribution in [-0.2, 0) is 19.6 Å². The van der Waals surface area contributed by atoms with Crippen molar-refractivity contribution < 1.29 is 27.1 Å². The van der Waals surface area contributed by atoms with Gasteiger partial charge in [0.1, 0.15) is 11.0 Å². The molecule has 172 valence electrons. The van der Waals surface area contributed by atoms with Crippen LogP contribution in [0, 0.1) is 0 Å². The molecular weight excluding hydrogens is 454 g/mol. The SMILES string of the molecule is CCCCN1C(=O)C(=Nc2ccc(S(=O)(=O)NC(C)=O)cc2)C(c2ccccc2)S1(O)O. The zero-order chi connectivity index (χ0) is 23.5. The predicted molar refractivity (Wildman–Crippen MR) is 123 cm³/mol. The lowest BCUT2D eigenvalue weighted by Gasteiger charge is -2.40. The number of rotatable bonds is 7. The number of carbonyl (C=O) groups is 2. The van der Waals surface area contributed by atoms with Gasteiger partial charge in [0.05, 0.1) is 10.6 Å². The van der Waals surface area contributed by atoms with Crippen LogP contribution in [0.3, 0.4) is 0 Å². The third-order valence-electron chi connectivity index (χ3n) is 4.83. The lowest BCUT2D eigenvalue weighted by molar-refractivity contribution is -0.119. The van der Waals surface area contributed by atoms with Crippen LogP contribution in [0.15, 0.2) is 64.5 Å². The van der Waals surface area contributed by atoms with E-state index in [4.69, 9.17) is 0 Å². The van der Waals surface area contributed by atoms with Gasteiger partial charge in [-0.1, -0.05) is 43.7 Å². The molecule has 9 nitrogen and oxygen atoms in total. The molecule has 1 atom stereocenters. The Morgan fingerprint density at radius 2 is 1.75 bits per heavy atom. The summed E-state index contributed by atoms with van der Waals surface area (Å²) in [5.74, 6) is -1.28. The minimum absolute atomic E-state index is 0.0234. The molecule has 0 aromatic heterocycles. The molecule has 3 N–H and O–H groups in total. The number of amides is 2. The first-order valence-electron chi connectivity index (χ1n) is 9.94. The Morgan fingerprint density at radius 1 is 1.12 bits per heavy atom. The summed E-state index contributed by atoms with van der Waals surface area (Å²) in [6.45, 7) is 3.22. The Labute approximate surface area is 188 Å². The van der Waals surface area contributed by atoms with Crippen LogP contribution in [0.1, 0.15) is 37.5 Å². The molecule has 1 heterocycles. The highest BCUT2D eigenvalue weighted by Gasteiger charge is 2.50. The highest BCUT2D eigenvalue weighted by Crippen LogP contribution is 2.62. The molecule has 2 amide bonds. The first-order valence-corrected chi connectivity index (χ1v) is 13.0. The normalized spacial score (nSPS) is 20.4. The lowest BCUT2D eigenvalue weighted by atomic mass is 10.1. The molecule has 1 fully saturated rings. The summed E-state index contributed by atoms with van der Waals surface area (Å²) in [6, 6.07) is 14.0. The van der Waals surface area contributed by atoms with Gasteiger partial charge in [0.25, 0.3) is 15.9 Å². The minimum Gasteiger partial charge on any atom is -0.281 e. The molecule has 0 aliphatic carbocycles. The Kier molecular flexibility index (Phi) is 7.03. The van der Waals surface area contributed by atoms with Crippen LogP contribution in [0.25, 0.3) is 0 Å². The van der Waals surface area contributed by atoms with Crippen LogP contribution < -0.4 is 4.72 Å². The molecule has 1 aliphatic rings. The van der Waals surface area contributed by atoms with E-state index < -0.39 is 37.9 Å². The van der Waals surface area contributed by atoms with E-state index in [1.54, 1.807) is 30.3 Å². The van der Waals surface area contributed by atoms with Crippen molar-refractivity contribution in [3.63, 3.8) is 0 Å². The molecular formula is C21H25N3O6S2. The zero-order valence-electron chi connectivity index (χ0n) is 17.6. The minimum atomic E-state index is -4.00. The molecule has 1 unspecified atom stereocenters. The van der Waals surface area contributed by atoms with Gasteiger partial charge in [-0.25, -0.2) is 22.4 Å². The standard InChI is InChI=1S/C21H25N3O6S2/c1-3-4-14-24-21(26)19(20(32(24,29)30)16-8-6-5-7-9-16)22-17-10-12-18(13-11-17)31(27,28)23-15(2)25/h5-13,20,29-30H,3-4,14H2,1-2H3,(H,23,25). The molecule has 3 rings (SSSR count). The van der Waals surface area contributed by atoms with E-state index in [0.29, 0.717) is 12.0 Å². The van der Waals surface area contributed by atoms with E-state index >= 15 is 0 Å². The number of carbonyl (C=O) groups excluding carboxylic acids is 2. The highest BCUT2D eigenvalue weighted by molar-refractivity contribution is 8.24. The average molecular weight is 480 g/mol. The monoisotopic (exact) mass is 479 g/mol. The number of benzene rings is 2. The van der Waals surface area contributed by atoms with Crippen molar-refractivity contribution in [2.45, 2.75) is 36.8 Å². The third kappa shape index (κ3) is 4.85. The van der Waals surface area contributed by atoms with E-state index in [2.05, 4.69) is 4.99 Å². The smallest absolute Gasteiger partial charge is 0.281 e. The van der Waals surface area contributed by atoms with Crippen molar-refractivity contribution in [3.8, 4) is 0 Å². The molecule has 0 spiro atoms. The number of sulfonamides is 1. The van der Waals surface area contributed by atoms with Crippen molar-refractivity contribution >= 4 is 44.0 Å². The molecule has 1 aliphatic heterocycles. The second-order valence-electron chi connectivity index (χ2n) is 7.27. The van der Waals surface area contributed by atoms with Crippen LogP contribution in [0.2, 0.25) is 0 Å². The van der Waals surface area contributed by atoms with Gasteiger partial charge in [-0.15, -0.1) is 10.8 Å². The maximum absolute atomic E-state index is 13.1. The molecule has 2 aromatic rings. The van der Waals surface area contributed by atoms with Gasteiger partial charge >= 0.3 is 0 Å². The summed E-state index contributed by atoms with van der Waals surface area (Å²) in [5, 5.41) is -1.03. The van der Waals surface area contributed by atoms with Crippen molar-refractivity contribution in [2.75, 3.05) is 6.54 Å². The van der Waals surface area contributed by atoms with Crippen LogP contribution in [-0.4, -0.2) is 45.9 Å². The Morgan fingerprint density at radius 3 is 2.31 bits per heavy atom. The van der Waals surface area contributed by atoms with E-state index in [0.717, 1.165) is 17.6 Å². The van der Waals surface area contributed by atoms with Crippen molar-refractivity contribution in [2.24, 2.45) is 4.99 Å². The van der Waals surface area contributed by atoms with Crippen LogP contribution >= 0.6 is 10.8 Å². The molecule has 32 heavy (non-hydrogen) atoms. The number of unbranched alkanes of at least 4 members (excludes halogenated alkanes) is 1. The third-order valence-corrected chi connectivity index (χ3v) is 8.40. The molecule has 0 bridgehead atoms. The maximum atomic E-state index is 13.1. The molecule has 2 aromatic carbocycles. The Balaban J connectivity index is 2.03. The van der Waals surface area contributed by atoms with Crippen molar-refractivity contribution in [3.05, 3.63) is 60.2 Å². The summed E-state index contributed by atoms with van der Waals surface area (Å²) in [6.07, 6.45) is 1.37. The van der Waals surface area contributed by atoms with Crippen LogP contribution in [0.5, 0.6) is 0 Å². The Hall–Kier alpha value is -2.73. The number of hydrogen-bond acceptors (Lipinski definition) is 7. The topological polar surface area (TPSA) is 136 Å². The largest absolute Gasteiger partial charge is 0.288 e. The maximum Gasteiger partial charge on any atom is 0.288 e. The fourth-order valence-electron chi connectivity index (χ4n) is 3.34. The van der Waals surface area contributed by atoms with Crippen molar-refractivity contribution in [1.82, 2.24) is 9.03 Å². The first kappa shape index (κ1) is 23.9. The van der Waals surface area contributed by atoms with Gasteiger partial charge in [0.15, 0.2) is 0 Å². The second kappa shape index (κ2) is 9.41. The molecule has 0 radical (unpaired) electrons. The van der Waals surface area contributed by atoms with E-state index in [-0.39, 0.29) is 22.8 Å². The van der Waals surface area contributed by atoms with Gasteiger partial charge in [0, 0.05) is 13.5 Å². The number of nitrogens with one attached hydrogen (secondary N) is 1. The first-order chi connectivity index (χ1) is 15.1. The van der Waals surface area contributed by atoms with Gasteiger partial charge in [-0.3, -0.25) is 18.7 Å². The number of nitrogens with zero attached hydrogens (tertiary/aromatic N) is 2. The fourth-order valence-corrected chi connectivity index (χ4v) is 6.29. The van der Waals surface area contributed by atoms with Gasteiger partial charge in [-0.05, 0) is 36.2 Å². The summed E-state index contributed by atoms with van der Waals surface area (Å²) in [7, 11) is -7.51. The van der Waals surface area contributed by atoms with Gasteiger partial charge in [0.2, 0.25) is 5.91 Å². The average Bonchev–Trinajstić information content (AvgIpc) is 2.91. The summed E-state index contributed by atoms with van der Waals surface area (Å²) in [4.78, 5) is 28.5.